The predicted molar refractivity (Wildman–Crippen MR) is 104 cm³/mol. The van der Waals surface area contributed by atoms with Crippen molar-refractivity contribution in [2.75, 3.05) is 13.1 Å². The molecule has 0 unspecified atom stereocenters. The Bertz CT molecular complexity index is 1050. The summed E-state index contributed by atoms with van der Waals surface area (Å²) in [6.45, 7) is 2.64. The van der Waals surface area contributed by atoms with E-state index >= 15 is 0 Å². The van der Waals surface area contributed by atoms with Gasteiger partial charge in [0.05, 0.1) is 11.6 Å². The average Bonchev–Trinajstić information content (AvgIpc) is 3.05. The van der Waals surface area contributed by atoms with E-state index in [2.05, 4.69) is 41.3 Å². The molecular weight excluding hydrogens is 322 g/mol. The van der Waals surface area contributed by atoms with E-state index < -0.39 is 0 Å². The molecule has 1 aliphatic heterocycles. The van der Waals surface area contributed by atoms with Gasteiger partial charge in [-0.1, -0.05) is 48.6 Å². The third-order valence-electron chi connectivity index (χ3n) is 5.97. The summed E-state index contributed by atoms with van der Waals surface area (Å²) in [4.78, 5) is 15.1. The minimum absolute atomic E-state index is 0.0956. The van der Waals surface area contributed by atoms with E-state index in [9.17, 15) is 4.79 Å². The molecule has 0 N–H and O–H groups in total. The van der Waals surface area contributed by atoms with Gasteiger partial charge in [0.2, 0.25) is 0 Å². The Morgan fingerprint density at radius 3 is 2.65 bits per heavy atom. The highest BCUT2D eigenvalue weighted by molar-refractivity contribution is 5.76. The zero-order valence-electron chi connectivity index (χ0n) is 14.7. The molecule has 0 bridgehead atoms. The van der Waals surface area contributed by atoms with Crippen molar-refractivity contribution in [3.63, 3.8) is 0 Å². The lowest BCUT2D eigenvalue weighted by Crippen LogP contribution is -2.41. The first kappa shape index (κ1) is 15.6. The van der Waals surface area contributed by atoms with Crippen LogP contribution in [0.15, 0.2) is 70.1 Å². The number of rotatable bonds is 2. The fourth-order valence-electron chi connectivity index (χ4n) is 4.45. The summed E-state index contributed by atoms with van der Waals surface area (Å²) in [7, 11) is 0. The quantitative estimate of drug-likeness (QED) is 0.693. The van der Waals surface area contributed by atoms with Crippen LogP contribution in [0.4, 0.5) is 0 Å². The van der Waals surface area contributed by atoms with Crippen LogP contribution in [0.3, 0.4) is 0 Å². The van der Waals surface area contributed by atoms with Crippen molar-refractivity contribution >= 4 is 17.0 Å². The Kier molecular flexibility index (Phi) is 3.57. The fourth-order valence-corrected chi connectivity index (χ4v) is 4.45. The maximum absolute atomic E-state index is 12.7. The second kappa shape index (κ2) is 5.96. The molecule has 2 heterocycles. The van der Waals surface area contributed by atoms with E-state index in [1.54, 1.807) is 6.26 Å². The van der Waals surface area contributed by atoms with Crippen molar-refractivity contribution in [3.05, 3.63) is 87.8 Å². The Hall–Kier alpha value is -2.65. The summed E-state index contributed by atoms with van der Waals surface area (Å²) in [5.74, 6) is 0. The number of likely N-dealkylation sites (tertiary alicyclic amines) is 1. The van der Waals surface area contributed by atoms with Gasteiger partial charge in [0.15, 0.2) is 5.43 Å². The van der Waals surface area contributed by atoms with Crippen LogP contribution in [-0.4, -0.2) is 18.0 Å². The first-order valence-electron chi connectivity index (χ1n) is 9.26. The van der Waals surface area contributed by atoms with Crippen LogP contribution in [0.5, 0.6) is 0 Å². The molecule has 1 aliphatic carbocycles. The number of fused-ring (bicyclic) bond motifs is 3. The number of benzene rings is 2. The maximum Gasteiger partial charge on any atom is 0.197 e. The van der Waals surface area contributed by atoms with Gasteiger partial charge in [-0.3, -0.25) is 9.69 Å². The monoisotopic (exact) mass is 343 g/mol. The molecule has 26 heavy (non-hydrogen) atoms. The number of allylic oxidation sites excluding steroid dienone is 1. The van der Waals surface area contributed by atoms with E-state index in [1.165, 1.54) is 11.1 Å². The second-order valence-electron chi connectivity index (χ2n) is 7.44. The van der Waals surface area contributed by atoms with Gasteiger partial charge in [0, 0.05) is 17.5 Å². The first-order chi connectivity index (χ1) is 12.8. The summed E-state index contributed by atoms with van der Waals surface area (Å²) in [5.41, 5.74) is 4.51. The van der Waals surface area contributed by atoms with Gasteiger partial charge in [-0.2, -0.15) is 0 Å². The standard InChI is InChI=1S/C23H21NO2/c25-22-18(16-26-21-8-4-2-6-19(21)22)15-24-13-11-23(12-14-24)10-9-17-5-1-3-7-20(17)23/h1-10,16H,11-15H2. The number of piperidine rings is 1. The highest BCUT2D eigenvalue weighted by Gasteiger charge is 2.37. The molecule has 130 valence electrons. The molecule has 1 spiro atoms. The van der Waals surface area contributed by atoms with E-state index in [0.717, 1.165) is 31.5 Å². The molecule has 0 amide bonds. The molecule has 2 aliphatic rings. The zero-order chi connectivity index (χ0) is 17.6. The summed E-state index contributed by atoms with van der Waals surface area (Å²) in [5, 5.41) is 0.672. The number of para-hydroxylation sites is 1. The molecule has 3 heteroatoms. The Balaban J connectivity index is 1.35. The van der Waals surface area contributed by atoms with E-state index in [4.69, 9.17) is 4.42 Å². The van der Waals surface area contributed by atoms with Crippen LogP contribution < -0.4 is 5.43 Å². The van der Waals surface area contributed by atoms with Gasteiger partial charge in [0.1, 0.15) is 5.58 Å². The van der Waals surface area contributed by atoms with Crippen LogP contribution in [0.1, 0.15) is 29.5 Å². The zero-order valence-corrected chi connectivity index (χ0v) is 14.7. The number of nitrogens with zero attached hydrogens (tertiary/aromatic N) is 1. The third kappa shape index (κ3) is 2.43. The van der Waals surface area contributed by atoms with Crippen molar-refractivity contribution in [2.45, 2.75) is 24.8 Å². The molecule has 0 atom stereocenters. The molecule has 0 saturated carbocycles. The minimum atomic E-state index is 0.0956. The summed E-state index contributed by atoms with van der Waals surface area (Å²) < 4.78 is 5.67. The highest BCUT2D eigenvalue weighted by atomic mass is 16.3. The highest BCUT2D eigenvalue weighted by Crippen LogP contribution is 2.43. The molecule has 3 aromatic rings. The van der Waals surface area contributed by atoms with Gasteiger partial charge in [0.25, 0.3) is 0 Å². The van der Waals surface area contributed by atoms with E-state index in [0.29, 0.717) is 17.5 Å². The van der Waals surface area contributed by atoms with Crippen LogP contribution in [0.25, 0.3) is 17.0 Å². The molecule has 3 nitrogen and oxygen atoms in total. The van der Waals surface area contributed by atoms with Crippen LogP contribution in [-0.2, 0) is 12.0 Å². The maximum atomic E-state index is 12.7. The molecular formula is C23H21NO2. The van der Waals surface area contributed by atoms with E-state index in [1.807, 2.05) is 24.3 Å². The molecule has 5 rings (SSSR count). The summed E-state index contributed by atoms with van der Waals surface area (Å²) in [6.07, 6.45) is 8.49. The molecule has 1 aromatic heterocycles. The normalized spacial score (nSPS) is 18.5. The van der Waals surface area contributed by atoms with Gasteiger partial charge in [-0.25, -0.2) is 0 Å². The third-order valence-corrected chi connectivity index (χ3v) is 5.97. The van der Waals surface area contributed by atoms with Gasteiger partial charge in [-0.15, -0.1) is 0 Å². The van der Waals surface area contributed by atoms with Crippen molar-refractivity contribution < 1.29 is 4.42 Å². The second-order valence-corrected chi connectivity index (χ2v) is 7.44. The average molecular weight is 343 g/mol. The van der Waals surface area contributed by atoms with Crippen LogP contribution in [0.2, 0.25) is 0 Å². The molecule has 2 aromatic carbocycles. The summed E-state index contributed by atoms with van der Waals surface area (Å²) >= 11 is 0. The predicted octanol–water partition coefficient (Wildman–Crippen LogP) is 4.35. The number of hydrogen-bond acceptors (Lipinski definition) is 3. The van der Waals surface area contributed by atoms with Crippen molar-refractivity contribution in [1.82, 2.24) is 4.90 Å². The van der Waals surface area contributed by atoms with Crippen LogP contribution in [0, 0.1) is 0 Å². The number of hydrogen-bond donors (Lipinski definition) is 0. The minimum Gasteiger partial charge on any atom is -0.464 e. The first-order valence-corrected chi connectivity index (χ1v) is 9.26. The fraction of sp³-hybridized carbons (Fsp3) is 0.261. The molecule has 1 saturated heterocycles. The Morgan fingerprint density at radius 2 is 1.77 bits per heavy atom. The topological polar surface area (TPSA) is 33.5 Å². The lowest BCUT2D eigenvalue weighted by molar-refractivity contribution is 0.176. The van der Waals surface area contributed by atoms with Crippen molar-refractivity contribution in [2.24, 2.45) is 0 Å². The largest absolute Gasteiger partial charge is 0.464 e. The van der Waals surface area contributed by atoms with Crippen molar-refractivity contribution in [1.29, 1.82) is 0 Å². The van der Waals surface area contributed by atoms with Crippen LogP contribution >= 0.6 is 0 Å². The van der Waals surface area contributed by atoms with Gasteiger partial charge < -0.3 is 4.42 Å². The Labute approximate surface area is 152 Å². The SMILES string of the molecule is O=c1c(CN2CCC3(C=Cc4ccccc43)CC2)coc2ccccc12. The lowest BCUT2D eigenvalue weighted by Gasteiger charge is -2.39. The smallest absolute Gasteiger partial charge is 0.197 e. The van der Waals surface area contributed by atoms with Gasteiger partial charge in [-0.05, 0) is 49.2 Å². The lowest BCUT2D eigenvalue weighted by atomic mass is 9.74. The van der Waals surface area contributed by atoms with Crippen molar-refractivity contribution in [3.8, 4) is 0 Å². The Morgan fingerprint density at radius 1 is 1.00 bits per heavy atom. The molecule has 0 radical (unpaired) electrons. The molecule has 1 fully saturated rings. The summed E-state index contributed by atoms with van der Waals surface area (Å²) in [6, 6.07) is 16.2. The van der Waals surface area contributed by atoms with E-state index in [-0.39, 0.29) is 10.8 Å². The van der Waals surface area contributed by atoms with Gasteiger partial charge >= 0.3 is 0 Å².